The highest BCUT2D eigenvalue weighted by Gasteiger charge is 1.98. The van der Waals surface area contributed by atoms with Gasteiger partial charge in [0.25, 0.3) is 0 Å². The van der Waals surface area contributed by atoms with E-state index in [-0.39, 0.29) is 5.82 Å². The van der Waals surface area contributed by atoms with Gasteiger partial charge in [-0.2, -0.15) is 0 Å². The predicted octanol–water partition coefficient (Wildman–Crippen LogP) is 2.84. The Morgan fingerprint density at radius 1 is 1.40 bits per heavy atom. The third kappa shape index (κ3) is 0.727. The lowest BCUT2D eigenvalue weighted by atomic mass is 10.2. The molecular formula is C8H4FS. The molecule has 0 amide bonds. The van der Waals surface area contributed by atoms with Crippen LogP contribution in [0.3, 0.4) is 0 Å². The van der Waals surface area contributed by atoms with E-state index in [9.17, 15) is 4.39 Å². The van der Waals surface area contributed by atoms with Crippen molar-refractivity contribution in [3.05, 3.63) is 35.5 Å². The van der Waals surface area contributed by atoms with Gasteiger partial charge >= 0.3 is 0 Å². The minimum Gasteiger partial charge on any atom is -0.206 e. The average Bonchev–Trinajstić information content (AvgIpc) is 2.36. The Labute approximate surface area is 61.9 Å². The van der Waals surface area contributed by atoms with E-state index in [1.807, 2.05) is 6.07 Å². The van der Waals surface area contributed by atoms with E-state index in [0.29, 0.717) is 5.39 Å². The third-order valence-electron chi connectivity index (χ3n) is 1.36. The fourth-order valence-corrected chi connectivity index (χ4v) is 1.63. The van der Waals surface area contributed by atoms with Gasteiger partial charge < -0.3 is 0 Å². The highest BCUT2D eigenvalue weighted by molar-refractivity contribution is 7.17. The van der Waals surface area contributed by atoms with E-state index < -0.39 is 0 Å². The first kappa shape index (κ1) is 5.86. The van der Waals surface area contributed by atoms with Crippen LogP contribution in [0.15, 0.2) is 23.6 Å². The van der Waals surface area contributed by atoms with Crippen LogP contribution in [0.5, 0.6) is 0 Å². The maximum absolute atomic E-state index is 12.8. The van der Waals surface area contributed by atoms with Gasteiger partial charge in [-0.15, -0.1) is 11.3 Å². The Bertz CT molecular complexity index is 351. The second-order valence-corrected chi connectivity index (χ2v) is 2.90. The first-order valence-electron chi connectivity index (χ1n) is 2.91. The lowest BCUT2D eigenvalue weighted by molar-refractivity contribution is 0.640. The number of hydrogen-bond donors (Lipinski definition) is 0. The lowest BCUT2D eigenvalue weighted by Crippen LogP contribution is -1.70. The summed E-state index contributed by atoms with van der Waals surface area (Å²) >= 11 is 1.51. The number of benzene rings is 1. The molecule has 10 heavy (non-hydrogen) atoms. The molecule has 0 saturated heterocycles. The van der Waals surface area contributed by atoms with E-state index in [0.717, 1.165) is 4.70 Å². The second-order valence-electron chi connectivity index (χ2n) is 1.99. The maximum Gasteiger partial charge on any atom is 0.132 e. The number of hydrogen-bond acceptors (Lipinski definition) is 1. The summed E-state index contributed by atoms with van der Waals surface area (Å²) in [5.74, 6) is -0.182. The highest BCUT2D eigenvalue weighted by atomic mass is 32.1. The van der Waals surface area contributed by atoms with Gasteiger partial charge in [0.1, 0.15) is 5.82 Å². The molecule has 1 heterocycles. The smallest absolute Gasteiger partial charge is 0.132 e. The second kappa shape index (κ2) is 2.06. The van der Waals surface area contributed by atoms with Gasteiger partial charge in [-0.05, 0) is 17.5 Å². The first-order valence-corrected chi connectivity index (χ1v) is 3.79. The Morgan fingerprint density at radius 2 is 2.30 bits per heavy atom. The molecule has 1 aromatic heterocycles. The topological polar surface area (TPSA) is 0 Å². The van der Waals surface area contributed by atoms with Gasteiger partial charge in [0.05, 0.1) is 0 Å². The Balaban J connectivity index is 2.95. The summed E-state index contributed by atoms with van der Waals surface area (Å²) in [4.78, 5) is 0. The quantitative estimate of drug-likeness (QED) is 0.543. The van der Waals surface area contributed by atoms with Crippen LogP contribution in [0, 0.1) is 11.9 Å². The van der Waals surface area contributed by atoms with Crippen molar-refractivity contribution in [1.82, 2.24) is 0 Å². The van der Waals surface area contributed by atoms with E-state index in [4.69, 9.17) is 0 Å². The molecule has 49 valence electrons. The third-order valence-corrected chi connectivity index (χ3v) is 2.19. The van der Waals surface area contributed by atoms with E-state index in [2.05, 4.69) is 6.07 Å². The van der Waals surface area contributed by atoms with Crippen molar-refractivity contribution in [3.63, 3.8) is 0 Å². The molecule has 0 saturated carbocycles. The zero-order chi connectivity index (χ0) is 6.97. The molecule has 2 heteroatoms. The maximum atomic E-state index is 12.8. The Hall–Kier alpha value is -0.890. The molecule has 0 aliphatic rings. The van der Waals surface area contributed by atoms with Crippen molar-refractivity contribution in [2.75, 3.05) is 0 Å². The van der Waals surface area contributed by atoms with Gasteiger partial charge in [0, 0.05) is 16.2 Å². The van der Waals surface area contributed by atoms with Crippen molar-refractivity contribution >= 4 is 21.4 Å². The van der Waals surface area contributed by atoms with Crippen LogP contribution in [0.2, 0.25) is 0 Å². The number of thiophene rings is 1. The molecular weight excluding hydrogens is 147 g/mol. The van der Waals surface area contributed by atoms with Crippen LogP contribution >= 0.6 is 11.3 Å². The summed E-state index contributed by atoms with van der Waals surface area (Å²) < 4.78 is 13.8. The van der Waals surface area contributed by atoms with Gasteiger partial charge in [-0.1, -0.05) is 6.07 Å². The van der Waals surface area contributed by atoms with Crippen molar-refractivity contribution < 1.29 is 4.39 Å². The van der Waals surface area contributed by atoms with Crippen molar-refractivity contribution in [3.8, 4) is 0 Å². The molecule has 1 aromatic carbocycles. The molecule has 2 aromatic rings. The molecule has 2 rings (SSSR count). The molecule has 0 nitrogen and oxygen atoms in total. The molecule has 0 atom stereocenters. The molecule has 0 aliphatic carbocycles. The van der Waals surface area contributed by atoms with Crippen molar-refractivity contribution in [1.29, 1.82) is 0 Å². The predicted molar refractivity (Wildman–Crippen MR) is 40.6 cm³/mol. The summed E-state index contributed by atoms with van der Waals surface area (Å²) in [5.41, 5.74) is 0. The standard InChI is InChI=1S/C8H4FS/c9-7-2-1-3-8-6(7)4-5-10-8/h1-3,5H. The Morgan fingerprint density at radius 3 is 3.10 bits per heavy atom. The summed E-state index contributed by atoms with van der Waals surface area (Å²) in [6, 6.07) is 7.88. The normalized spacial score (nSPS) is 10.5. The monoisotopic (exact) mass is 151 g/mol. The van der Waals surface area contributed by atoms with Gasteiger partial charge in [0.15, 0.2) is 0 Å². The zero-order valence-electron chi connectivity index (χ0n) is 5.10. The first-order chi connectivity index (χ1) is 4.88. The number of rotatable bonds is 0. The minimum atomic E-state index is -0.182. The highest BCUT2D eigenvalue weighted by Crippen LogP contribution is 2.21. The number of fused-ring (bicyclic) bond motifs is 1. The molecule has 0 N–H and O–H groups in total. The van der Waals surface area contributed by atoms with Gasteiger partial charge in [-0.25, -0.2) is 4.39 Å². The van der Waals surface area contributed by atoms with Gasteiger partial charge in [-0.3, -0.25) is 0 Å². The number of halogens is 1. The van der Waals surface area contributed by atoms with Crippen LogP contribution in [0.25, 0.3) is 10.1 Å². The molecule has 0 spiro atoms. The van der Waals surface area contributed by atoms with Crippen LogP contribution in [-0.4, -0.2) is 0 Å². The molecule has 0 bridgehead atoms. The van der Waals surface area contributed by atoms with Crippen LogP contribution < -0.4 is 0 Å². The van der Waals surface area contributed by atoms with Crippen molar-refractivity contribution in [2.24, 2.45) is 0 Å². The minimum absolute atomic E-state index is 0.182. The summed E-state index contributed by atoms with van der Waals surface area (Å²) in [6.45, 7) is 0. The molecule has 0 aliphatic heterocycles. The van der Waals surface area contributed by atoms with E-state index >= 15 is 0 Å². The molecule has 0 unspecified atom stereocenters. The van der Waals surface area contributed by atoms with Crippen molar-refractivity contribution in [2.45, 2.75) is 0 Å². The Kier molecular flexibility index (Phi) is 1.21. The summed E-state index contributed by atoms with van der Waals surface area (Å²) in [5, 5.41) is 2.38. The van der Waals surface area contributed by atoms with Gasteiger partial charge in [0.2, 0.25) is 0 Å². The summed E-state index contributed by atoms with van der Waals surface area (Å²) in [7, 11) is 0. The average molecular weight is 151 g/mol. The fourth-order valence-electron chi connectivity index (χ4n) is 0.895. The molecule has 1 radical (unpaired) electrons. The summed E-state index contributed by atoms with van der Waals surface area (Å²) in [6.07, 6.45) is 0. The van der Waals surface area contributed by atoms with E-state index in [1.165, 1.54) is 17.4 Å². The van der Waals surface area contributed by atoms with Crippen LogP contribution in [0.1, 0.15) is 0 Å². The SMILES string of the molecule is Fc1cccc2sc[c]c12. The zero-order valence-corrected chi connectivity index (χ0v) is 5.91. The molecule has 0 fully saturated rings. The van der Waals surface area contributed by atoms with Crippen LogP contribution in [-0.2, 0) is 0 Å². The fraction of sp³-hybridized carbons (Fsp3) is 0. The lowest BCUT2D eigenvalue weighted by Gasteiger charge is -1.87. The van der Waals surface area contributed by atoms with Crippen LogP contribution in [0.4, 0.5) is 4.39 Å². The van der Waals surface area contributed by atoms with E-state index in [1.54, 1.807) is 11.4 Å². The largest absolute Gasteiger partial charge is 0.206 e.